The second-order valence-corrected chi connectivity index (χ2v) is 9.04. The third-order valence-electron chi connectivity index (χ3n) is 4.07. The van der Waals surface area contributed by atoms with E-state index in [-0.39, 0.29) is 28.9 Å². The minimum absolute atomic E-state index is 0.0836. The fourth-order valence-corrected chi connectivity index (χ4v) is 4.84. The highest BCUT2D eigenvalue weighted by Crippen LogP contribution is 2.25. The fraction of sp³-hybridized carbons (Fsp3) is 0.211. The summed E-state index contributed by atoms with van der Waals surface area (Å²) in [7, 11) is -3.33. The van der Waals surface area contributed by atoms with Crippen LogP contribution in [0.2, 0.25) is 0 Å². The molecule has 2 aromatic rings. The van der Waals surface area contributed by atoms with Crippen LogP contribution in [0.15, 0.2) is 64.9 Å². The largest absolute Gasteiger partial charge is 0.330 e. The molecule has 0 fully saturated rings. The number of hydrogen-bond donors (Lipinski definition) is 0. The van der Waals surface area contributed by atoms with Gasteiger partial charge in [0.05, 0.1) is 17.5 Å². The van der Waals surface area contributed by atoms with E-state index in [9.17, 15) is 22.0 Å². The number of carbonyl (C=O) groups is 1. The molecule has 1 heterocycles. The van der Waals surface area contributed by atoms with Crippen LogP contribution in [0.25, 0.3) is 0 Å². The molecule has 0 spiro atoms. The first kappa shape index (κ1) is 19.6. The molecule has 2 aromatic carbocycles. The number of thioether (sulfide) groups is 1. The maximum absolute atomic E-state index is 13.8. The summed E-state index contributed by atoms with van der Waals surface area (Å²) < 4.78 is 50.3. The molecule has 27 heavy (non-hydrogen) atoms. The van der Waals surface area contributed by atoms with Crippen molar-refractivity contribution in [2.75, 3.05) is 11.5 Å². The summed E-state index contributed by atoms with van der Waals surface area (Å²) in [6, 6.07) is 11.8. The quantitative estimate of drug-likeness (QED) is 0.687. The Kier molecular flexibility index (Phi) is 5.96. The minimum atomic E-state index is -3.33. The number of hydrogen-bond acceptors (Lipinski definition) is 4. The Morgan fingerprint density at radius 3 is 2.52 bits per heavy atom. The van der Waals surface area contributed by atoms with Gasteiger partial charge in [-0.3, -0.25) is 4.79 Å². The lowest BCUT2D eigenvalue weighted by atomic mass is 10.2. The van der Waals surface area contributed by atoms with Crippen LogP contribution in [-0.4, -0.2) is 36.8 Å². The van der Waals surface area contributed by atoms with Crippen LogP contribution in [0.1, 0.15) is 5.56 Å². The van der Waals surface area contributed by atoms with Crippen LogP contribution in [0.4, 0.5) is 8.78 Å². The van der Waals surface area contributed by atoms with Crippen LogP contribution in [-0.2, 0) is 21.2 Å². The van der Waals surface area contributed by atoms with E-state index < -0.39 is 27.5 Å². The Labute approximate surface area is 160 Å². The number of nitrogens with zero attached hydrogens (tertiary/aromatic N) is 1. The highest BCUT2D eigenvalue weighted by molar-refractivity contribution is 8.00. The first-order chi connectivity index (χ1) is 12.8. The Morgan fingerprint density at radius 1 is 1.15 bits per heavy atom. The Balaban J connectivity index is 1.75. The summed E-state index contributed by atoms with van der Waals surface area (Å²) in [5.41, 5.74) is 0.863. The molecule has 0 bridgehead atoms. The Hall–Kier alpha value is -2.19. The predicted octanol–water partition coefficient (Wildman–Crippen LogP) is 3.40. The van der Waals surface area contributed by atoms with Crippen molar-refractivity contribution in [2.45, 2.75) is 17.5 Å². The minimum Gasteiger partial charge on any atom is -0.330 e. The van der Waals surface area contributed by atoms with Gasteiger partial charge in [-0.15, -0.1) is 11.8 Å². The van der Waals surface area contributed by atoms with Gasteiger partial charge in [-0.25, -0.2) is 17.2 Å². The molecule has 1 atom stereocenters. The fourth-order valence-electron chi connectivity index (χ4n) is 2.74. The smallest absolute Gasteiger partial charge is 0.233 e. The number of carbonyl (C=O) groups excluding carboxylic acids is 1. The van der Waals surface area contributed by atoms with Gasteiger partial charge in [0, 0.05) is 22.9 Å². The number of benzene rings is 2. The first-order valence-electron chi connectivity index (χ1n) is 8.16. The van der Waals surface area contributed by atoms with E-state index in [4.69, 9.17) is 0 Å². The zero-order chi connectivity index (χ0) is 19.4. The average Bonchev–Trinajstić information content (AvgIpc) is 2.99. The summed E-state index contributed by atoms with van der Waals surface area (Å²) in [5.74, 6) is -1.98. The molecule has 8 heteroatoms. The average molecular weight is 409 g/mol. The third kappa shape index (κ3) is 5.17. The summed E-state index contributed by atoms with van der Waals surface area (Å²) >= 11 is 0.955. The van der Waals surface area contributed by atoms with Crippen LogP contribution in [0.5, 0.6) is 0 Å². The molecule has 4 nitrogen and oxygen atoms in total. The van der Waals surface area contributed by atoms with Crippen molar-refractivity contribution in [1.29, 1.82) is 0 Å². The van der Waals surface area contributed by atoms with Gasteiger partial charge in [0.1, 0.15) is 11.6 Å². The van der Waals surface area contributed by atoms with Crippen molar-refractivity contribution >= 4 is 27.5 Å². The van der Waals surface area contributed by atoms with Gasteiger partial charge in [0.2, 0.25) is 5.91 Å². The van der Waals surface area contributed by atoms with Crippen molar-refractivity contribution < 1.29 is 22.0 Å². The first-order valence-corrected chi connectivity index (χ1v) is 10.9. The van der Waals surface area contributed by atoms with Crippen molar-refractivity contribution in [3.05, 3.63) is 77.2 Å². The van der Waals surface area contributed by atoms with E-state index in [0.717, 1.165) is 34.9 Å². The topological polar surface area (TPSA) is 54.5 Å². The normalized spacial score (nSPS) is 17.8. The van der Waals surface area contributed by atoms with Crippen LogP contribution < -0.4 is 0 Å². The molecule has 142 valence electrons. The second kappa shape index (κ2) is 8.22. The maximum Gasteiger partial charge on any atom is 0.233 e. The van der Waals surface area contributed by atoms with Crippen molar-refractivity contribution in [3.8, 4) is 0 Å². The molecule has 0 saturated carbocycles. The molecule has 0 aromatic heterocycles. The molecule has 1 aliphatic heterocycles. The standard InChI is InChI=1S/C19H17F2NO3S2/c20-15-6-7-18(17(21)10-15)26-12-19(23)22(11-14-4-2-1-3-5-14)16-8-9-27(24,25)13-16/h1-10,16H,11-13H2/t16-/m1/s1. The van der Waals surface area contributed by atoms with Crippen molar-refractivity contribution in [2.24, 2.45) is 0 Å². The van der Waals surface area contributed by atoms with Gasteiger partial charge >= 0.3 is 0 Å². The predicted molar refractivity (Wildman–Crippen MR) is 101 cm³/mol. The van der Waals surface area contributed by atoms with Gasteiger partial charge < -0.3 is 4.90 Å². The van der Waals surface area contributed by atoms with Crippen LogP contribution in [0.3, 0.4) is 0 Å². The molecule has 1 aliphatic rings. The molecule has 0 N–H and O–H groups in total. The molecule has 0 unspecified atom stereocenters. The van der Waals surface area contributed by atoms with Gasteiger partial charge in [0.15, 0.2) is 9.84 Å². The van der Waals surface area contributed by atoms with Crippen molar-refractivity contribution in [3.63, 3.8) is 0 Å². The van der Waals surface area contributed by atoms with E-state index >= 15 is 0 Å². The van der Waals surface area contributed by atoms with Crippen LogP contribution >= 0.6 is 11.8 Å². The highest BCUT2D eigenvalue weighted by Gasteiger charge is 2.30. The lowest BCUT2D eigenvalue weighted by molar-refractivity contribution is -0.130. The molecular weight excluding hydrogens is 392 g/mol. The highest BCUT2D eigenvalue weighted by atomic mass is 32.2. The monoisotopic (exact) mass is 409 g/mol. The Bertz CT molecular complexity index is 962. The van der Waals surface area contributed by atoms with Crippen LogP contribution in [0, 0.1) is 11.6 Å². The molecule has 3 rings (SSSR count). The number of amides is 1. The lowest BCUT2D eigenvalue weighted by Gasteiger charge is -2.27. The zero-order valence-corrected chi connectivity index (χ0v) is 15.8. The molecular formula is C19H17F2NO3S2. The lowest BCUT2D eigenvalue weighted by Crippen LogP contribution is -2.41. The number of sulfone groups is 1. The third-order valence-corrected chi connectivity index (χ3v) is 6.48. The van der Waals surface area contributed by atoms with E-state index in [1.807, 2.05) is 30.3 Å². The molecule has 0 aliphatic carbocycles. The Morgan fingerprint density at radius 2 is 1.89 bits per heavy atom. The van der Waals surface area contributed by atoms with Gasteiger partial charge in [-0.1, -0.05) is 30.3 Å². The second-order valence-electron chi connectivity index (χ2n) is 6.10. The van der Waals surface area contributed by atoms with E-state index in [1.54, 1.807) is 0 Å². The molecule has 0 radical (unpaired) electrons. The SMILES string of the molecule is O=C(CSc1ccc(F)cc1F)N(Cc1ccccc1)[C@@H]1C=CS(=O)(=O)C1. The number of rotatable bonds is 6. The summed E-state index contributed by atoms with van der Waals surface area (Å²) in [6.45, 7) is 0.247. The van der Waals surface area contributed by atoms with Crippen molar-refractivity contribution in [1.82, 2.24) is 4.90 Å². The summed E-state index contributed by atoms with van der Waals surface area (Å²) in [4.78, 5) is 14.4. The van der Waals surface area contributed by atoms with E-state index in [2.05, 4.69) is 0 Å². The van der Waals surface area contributed by atoms with E-state index in [0.29, 0.717) is 0 Å². The molecule has 1 amide bonds. The zero-order valence-electron chi connectivity index (χ0n) is 14.2. The summed E-state index contributed by atoms with van der Waals surface area (Å²) in [5, 5.41) is 1.12. The van der Waals surface area contributed by atoms with E-state index in [1.165, 1.54) is 17.0 Å². The molecule has 0 saturated heterocycles. The summed E-state index contributed by atoms with van der Waals surface area (Å²) in [6.07, 6.45) is 1.50. The maximum atomic E-state index is 13.8. The number of halogens is 2. The van der Waals surface area contributed by atoms with Gasteiger partial charge in [-0.2, -0.15) is 0 Å². The van der Waals surface area contributed by atoms with Gasteiger partial charge in [-0.05, 0) is 23.8 Å². The van der Waals surface area contributed by atoms with Gasteiger partial charge in [0.25, 0.3) is 0 Å².